The molecule has 0 aromatic heterocycles. The van der Waals surface area contributed by atoms with E-state index >= 15 is 0 Å². The summed E-state index contributed by atoms with van der Waals surface area (Å²) in [6.45, 7) is 4.91. The van der Waals surface area contributed by atoms with Crippen LogP contribution in [0.3, 0.4) is 0 Å². The molecule has 1 heterocycles. The third-order valence-corrected chi connectivity index (χ3v) is 4.70. The van der Waals surface area contributed by atoms with Crippen molar-refractivity contribution in [3.05, 3.63) is 53.1 Å². The molecular weight excluding hydrogens is 378 g/mol. The average molecular weight is 402 g/mol. The first kappa shape index (κ1) is 20.0. The Balaban J connectivity index is 1.77. The van der Waals surface area contributed by atoms with Gasteiger partial charge in [-0.05, 0) is 43.2 Å². The van der Waals surface area contributed by atoms with E-state index in [1.54, 1.807) is 24.3 Å². The summed E-state index contributed by atoms with van der Waals surface area (Å²) in [4.78, 5) is 26.9. The monoisotopic (exact) mass is 401 g/mol. The summed E-state index contributed by atoms with van der Waals surface area (Å²) in [7, 11) is 0. The molecule has 2 amide bonds. The van der Waals surface area contributed by atoms with Crippen molar-refractivity contribution in [2.45, 2.75) is 26.4 Å². The lowest BCUT2D eigenvalue weighted by Crippen LogP contribution is -2.50. The van der Waals surface area contributed by atoms with E-state index in [2.05, 4.69) is 10.6 Å². The van der Waals surface area contributed by atoms with Gasteiger partial charge in [0.15, 0.2) is 6.10 Å². The number of nitrogens with zero attached hydrogens (tertiary/aromatic N) is 1. The van der Waals surface area contributed by atoms with Crippen molar-refractivity contribution < 1.29 is 14.3 Å². The number of hydrogen-bond acceptors (Lipinski definition) is 4. The zero-order valence-corrected chi connectivity index (χ0v) is 16.8. The van der Waals surface area contributed by atoms with Crippen molar-refractivity contribution in [1.82, 2.24) is 5.32 Å². The van der Waals surface area contributed by atoms with Gasteiger partial charge in [-0.25, -0.2) is 0 Å². The number of ether oxygens (including phenoxy) is 1. The van der Waals surface area contributed by atoms with Gasteiger partial charge in [0.25, 0.3) is 5.91 Å². The molecule has 3 rings (SSSR count). The maximum Gasteiger partial charge on any atom is 0.262 e. The smallest absolute Gasteiger partial charge is 0.262 e. The highest BCUT2D eigenvalue weighted by Crippen LogP contribution is 2.36. The number of benzene rings is 2. The lowest BCUT2D eigenvalue weighted by Gasteiger charge is -2.36. The maximum absolute atomic E-state index is 12.6. The third-order valence-electron chi connectivity index (χ3n) is 4.46. The molecular formula is C21H24ClN3O3. The van der Waals surface area contributed by atoms with Crippen LogP contribution in [0.4, 0.5) is 11.4 Å². The topological polar surface area (TPSA) is 70.7 Å². The van der Waals surface area contributed by atoms with Crippen LogP contribution in [0.1, 0.15) is 18.9 Å². The molecule has 1 unspecified atom stereocenters. The molecule has 2 aromatic carbocycles. The zero-order chi connectivity index (χ0) is 20.1. The second kappa shape index (κ2) is 8.97. The molecule has 148 valence electrons. The minimum absolute atomic E-state index is 0.101. The van der Waals surface area contributed by atoms with Crippen LogP contribution in [0.5, 0.6) is 5.75 Å². The molecule has 0 saturated heterocycles. The summed E-state index contributed by atoms with van der Waals surface area (Å²) in [5.74, 6) is 0.279. The second-order valence-corrected chi connectivity index (χ2v) is 7.20. The molecule has 0 spiro atoms. The lowest BCUT2D eigenvalue weighted by atomic mass is 10.1. The van der Waals surface area contributed by atoms with Crippen LogP contribution in [-0.2, 0) is 9.59 Å². The van der Waals surface area contributed by atoms with E-state index in [1.165, 1.54) is 0 Å². The molecule has 2 N–H and O–H groups in total. The number of halogens is 1. The number of carbonyl (C=O) groups excluding carboxylic acids is 2. The predicted molar refractivity (Wildman–Crippen MR) is 111 cm³/mol. The Morgan fingerprint density at radius 3 is 2.79 bits per heavy atom. The Hall–Kier alpha value is -2.73. The largest absolute Gasteiger partial charge is 0.476 e. The van der Waals surface area contributed by atoms with E-state index in [0.717, 1.165) is 17.7 Å². The molecule has 0 aliphatic carbocycles. The van der Waals surface area contributed by atoms with Crippen molar-refractivity contribution in [3.8, 4) is 5.75 Å². The third kappa shape index (κ3) is 4.75. The van der Waals surface area contributed by atoms with Gasteiger partial charge >= 0.3 is 0 Å². The van der Waals surface area contributed by atoms with E-state index in [1.807, 2.05) is 36.9 Å². The second-order valence-electron chi connectivity index (χ2n) is 6.76. The van der Waals surface area contributed by atoms with Crippen LogP contribution in [0, 0.1) is 6.92 Å². The van der Waals surface area contributed by atoms with Crippen molar-refractivity contribution >= 4 is 34.8 Å². The van der Waals surface area contributed by atoms with E-state index in [-0.39, 0.29) is 18.4 Å². The summed E-state index contributed by atoms with van der Waals surface area (Å²) in [6.07, 6.45) is 0.180. The van der Waals surface area contributed by atoms with E-state index in [0.29, 0.717) is 29.5 Å². The fourth-order valence-electron chi connectivity index (χ4n) is 3.11. The molecule has 0 bridgehead atoms. The Morgan fingerprint density at radius 2 is 2.04 bits per heavy atom. The minimum atomic E-state index is -0.667. The van der Waals surface area contributed by atoms with Crippen molar-refractivity contribution in [1.29, 1.82) is 0 Å². The minimum Gasteiger partial charge on any atom is -0.476 e. The molecule has 1 aliphatic rings. The van der Waals surface area contributed by atoms with Crippen molar-refractivity contribution in [2.24, 2.45) is 0 Å². The summed E-state index contributed by atoms with van der Waals surface area (Å²) >= 11 is 5.98. The fourth-order valence-corrected chi connectivity index (χ4v) is 3.30. The lowest BCUT2D eigenvalue weighted by molar-refractivity contribution is -0.128. The molecule has 0 fully saturated rings. The highest BCUT2D eigenvalue weighted by molar-refractivity contribution is 6.30. The SMILES string of the molecule is CCCNC(=O)C1CN(CC(=O)Nc2cccc(Cl)c2)c2cccc(C)c2O1. The molecule has 2 aromatic rings. The molecule has 1 aliphatic heterocycles. The number of anilines is 2. The van der Waals surface area contributed by atoms with Crippen molar-refractivity contribution in [2.75, 3.05) is 29.9 Å². The quantitative estimate of drug-likeness (QED) is 0.778. The molecule has 0 radical (unpaired) electrons. The number of nitrogens with one attached hydrogen (secondary N) is 2. The first-order valence-corrected chi connectivity index (χ1v) is 9.70. The molecule has 1 atom stereocenters. The van der Waals surface area contributed by atoms with Crippen LogP contribution in [0.15, 0.2) is 42.5 Å². The van der Waals surface area contributed by atoms with Crippen molar-refractivity contribution in [3.63, 3.8) is 0 Å². The first-order valence-electron chi connectivity index (χ1n) is 9.32. The highest BCUT2D eigenvalue weighted by atomic mass is 35.5. The number of hydrogen-bond donors (Lipinski definition) is 2. The van der Waals surface area contributed by atoms with Crippen LogP contribution >= 0.6 is 11.6 Å². The number of para-hydroxylation sites is 1. The van der Waals surface area contributed by atoms with Gasteiger partial charge in [0.2, 0.25) is 5.91 Å². The van der Waals surface area contributed by atoms with Gasteiger partial charge in [-0.15, -0.1) is 0 Å². The van der Waals surface area contributed by atoms with Gasteiger partial charge in [-0.1, -0.05) is 36.7 Å². The van der Waals surface area contributed by atoms with Gasteiger partial charge in [0.05, 0.1) is 18.8 Å². The van der Waals surface area contributed by atoms with Crippen LogP contribution < -0.4 is 20.3 Å². The molecule has 6 nitrogen and oxygen atoms in total. The number of fused-ring (bicyclic) bond motifs is 1. The van der Waals surface area contributed by atoms with E-state index in [9.17, 15) is 9.59 Å². The molecule has 28 heavy (non-hydrogen) atoms. The van der Waals surface area contributed by atoms with Gasteiger partial charge in [-0.2, -0.15) is 0 Å². The summed E-state index contributed by atoms with van der Waals surface area (Å²) in [5, 5.41) is 6.27. The molecule has 0 saturated carbocycles. The number of carbonyl (C=O) groups is 2. The van der Waals surface area contributed by atoms with E-state index in [4.69, 9.17) is 16.3 Å². The number of rotatable bonds is 6. The fraction of sp³-hybridized carbons (Fsp3) is 0.333. The Labute approximate surface area is 169 Å². The standard InChI is InChI=1S/C21H24ClN3O3/c1-3-10-23-21(27)18-12-25(17-9-4-6-14(2)20(17)28-18)13-19(26)24-16-8-5-7-15(22)11-16/h4-9,11,18H,3,10,12-13H2,1-2H3,(H,23,27)(H,24,26). The van der Waals surface area contributed by atoms with Crippen LogP contribution in [-0.4, -0.2) is 37.6 Å². The summed E-state index contributed by atoms with van der Waals surface area (Å²) in [5.41, 5.74) is 2.36. The predicted octanol–water partition coefficient (Wildman–Crippen LogP) is 3.38. The number of amides is 2. The number of aryl methyl sites for hydroxylation is 1. The van der Waals surface area contributed by atoms with Gasteiger partial charge < -0.3 is 20.3 Å². The Bertz CT molecular complexity index is 872. The summed E-state index contributed by atoms with van der Waals surface area (Å²) < 4.78 is 5.96. The van der Waals surface area contributed by atoms with Crippen LogP contribution in [0.2, 0.25) is 5.02 Å². The molecule has 7 heteroatoms. The highest BCUT2D eigenvalue weighted by Gasteiger charge is 2.32. The average Bonchev–Trinajstić information content (AvgIpc) is 2.66. The Morgan fingerprint density at radius 1 is 1.25 bits per heavy atom. The zero-order valence-electron chi connectivity index (χ0n) is 16.0. The van der Waals surface area contributed by atoms with Crippen LogP contribution in [0.25, 0.3) is 0 Å². The van der Waals surface area contributed by atoms with E-state index < -0.39 is 6.10 Å². The van der Waals surface area contributed by atoms with Gasteiger partial charge in [-0.3, -0.25) is 9.59 Å². The Kier molecular flexibility index (Phi) is 6.41. The summed E-state index contributed by atoms with van der Waals surface area (Å²) in [6, 6.07) is 12.7. The van der Waals surface area contributed by atoms with Gasteiger partial charge in [0, 0.05) is 17.3 Å². The first-order chi connectivity index (χ1) is 13.5. The maximum atomic E-state index is 12.6. The van der Waals surface area contributed by atoms with Gasteiger partial charge in [0.1, 0.15) is 5.75 Å². The normalized spacial score (nSPS) is 15.4.